The van der Waals surface area contributed by atoms with E-state index in [-0.39, 0.29) is 4.71 Å². The van der Waals surface area contributed by atoms with Crippen LogP contribution in [0.1, 0.15) is 32.6 Å². The molecule has 0 rings (SSSR count). The molecule has 1 unspecified atom stereocenters. The molecular weight excluding hydrogens is 140 g/mol. The van der Waals surface area contributed by atoms with Crippen molar-refractivity contribution in [2.45, 2.75) is 37.3 Å². The Morgan fingerprint density at radius 2 is 2.12 bits per heavy atom. The summed E-state index contributed by atoms with van der Waals surface area (Å²) in [5, 5.41) is 0. The number of halogens is 1. The van der Waals surface area contributed by atoms with Gasteiger partial charge in [-0.05, 0) is 6.42 Å². The lowest BCUT2D eigenvalue weighted by Gasteiger charge is -1.98. The SMILES string of the molecule is CCCCCC(S)Cl. The van der Waals surface area contributed by atoms with E-state index in [9.17, 15) is 0 Å². The van der Waals surface area contributed by atoms with E-state index >= 15 is 0 Å². The Hall–Kier alpha value is 0.640. The van der Waals surface area contributed by atoms with E-state index in [1.807, 2.05) is 0 Å². The summed E-state index contributed by atoms with van der Waals surface area (Å²) < 4.78 is 0.0709. The van der Waals surface area contributed by atoms with Crippen LogP contribution in [0.2, 0.25) is 0 Å². The molecule has 0 aromatic carbocycles. The predicted octanol–water partition coefficient (Wildman–Crippen LogP) is 3.06. The molecule has 0 radical (unpaired) electrons. The highest BCUT2D eigenvalue weighted by molar-refractivity contribution is 7.82. The van der Waals surface area contributed by atoms with Crippen LogP contribution in [-0.2, 0) is 0 Å². The van der Waals surface area contributed by atoms with Crippen molar-refractivity contribution >= 4 is 24.2 Å². The fourth-order valence-corrected chi connectivity index (χ4v) is 0.900. The van der Waals surface area contributed by atoms with Crippen LogP contribution < -0.4 is 0 Å². The molecule has 0 aliphatic carbocycles. The van der Waals surface area contributed by atoms with Gasteiger partial charge in [-0.15, -0.1) is 11.6 Å². The van der Waals surface area contributed by atoms with Gasteiger partial charge < -0.3 is 0 Å². The zero-order valence-electron chi connectivity index (χ0n) is 5.23. The van der Waals surface area contributed by atoms with Crippen LogP contribution in [-0.4, -0.2) is 4.71 Å². The molecule has 0 N–H and O–H groups in total. The van der Waals surface area contributed by atoms with Gasteiger partial charge in [-0.2, -0.15) is 12.6 Å². The molecule has 0 aliphatic heterocycles. The molecule has 0 heterocycles. The minimum absolute atomic E-state index is 0.0709. The minimum Gasteiger partial charge on any atom is -0.160 e. The lowest BCUT2D eigenvalue weighted by atomic mass is 10.2. The molecule has 1 atom stereocenters. The number of hydrogen-bond acceptors (Lipinski definition) is 1. The molecular formula is C6H13ClS. The molecule has 2 heteroatoms. The molecule has 0 aromatic heterocycles. The first-order valence-electron chi connectivity index (χ1n) is 3.09. The van der Waals surface area contributed by atoms with Crippen LogP contribution in [0.25, 0.3) is 0 Å². The van der Waals surface area contributed by atoms with Gasteiger partial charge in [0.05, 0.1) is 4.71 Å². The topological polar surface area (TPSA) is 0 Å². The summed E-state index contributed by atoms with van der Waals surface area (Å²) in [6, 6.07) is 0. The van der Waals surface area contributed by atoms with E-state index in [1.54, 1.807) is 0 Å². The summed E-state index contributed by atoms with van der Waals surface area (Å²) in [7, 11) is 0. The van der Waals surface area contributed by atoms with E-state index in [0.717, 1.165) is 6.42 Å². The summed E-state index contributed by atoms with van der Waals surface area (Å²) in [6.07, 6.45) is 4.80. The maximum Gasteiger partial charge on any atom is 0.0759 e. The maximum atomic E-state index is 5.58. The fourth-order valence-electron chi connectivity index (χ4n) is 0.563. The highest BCUT2D eigenvalue weighted by Crippen LogP contribution is 2.11. The molecule has 0 nitrogen and oxygen atoms in total. The van der Waals surface area contributed by atoms with Gasteiger partial charge in [0, 0.05) is 0 Å². The smallest absolute Gasteiger partial charge is 0.0759 e. The zero-order chi connectivity index (χ0) is 6.41. The summed E-state index contributed by atoms with van der Waals surface area (Å²) in [5.41, 5.74) is 0. The maximum absolute atomic E-state index is 5.58. The van der Waals surface area contributed by atoms with Gasteiger partial charge in [0.15, 0.2) is 0 Å². The van der Waals surface area contributed by atoms with Gasteiger partial charge in [-0.3, -0.25) is 0 Å². The largest absolute Gasteiger partial charge is 0.160 e. The second kappa shape index (κ2) is 5.77. The Labute approximate surface area is 62.0 Å². The van der Waals surface area contributed by atoms with Crippen molar-refractivity contribution in [3.63, 3.8) is 0 Å². The number of thiol groups is 1. The van der Waals surface area contributed by atoms with E-state index in [2.05, 4.69) is 19.6 Å². The van der Waals surface area contributed by atoms with Crippen LogP contribution >= 0.6 is 24.2 Å². The van der Waals surface area contributed by atoms with Crippen molar-refractivity contribution in [3.05, 3.63) is 0 Å². The quantitative estimate of drug-likeness (QED) is 0.357. The third-order valence-corrected chi connectivity index (χ3v) is 1.52. The number of alkyl halides is 1. The normalized spacial score (nSPS) is 13.9. The molecule has 0 aliphatic rings. The Bertz CT molecular complexity index is 45.8. The lowest BCUT2D eigenvalue weighted by molar-refractivity contribution is 0.695. The standard InChI is InChI=1S/C6H13ClS/c1-2-3-4-5-6(7)8/h6,8H,2-5H2,1H3. The van der Waals surface area contributed by atoms with Crippen molar-refractivity contribution < 1.29 is 0 Å². The van der Waals surface area contributed by atoms with Gasteiger partial charge in [-0.1, -0.05) is 26.2 Å². The van der Waals surface area contributed by atoms with Crippen LogP contribution in [0.3, 0.4) is 0 Å². The molecule has 0 fully saturated rings. The van der Waals surface area contributed by atoms with E-state index in [4.69, 9.17) is 11.6 Å². The summed E-state index contributed by atoms with van der Waals surface area (Å²) in [4.78, 5) is 0. The van der Waals surface area contributed by atoms with Gasteiger partial charge in [-0.25, -0.2) is 0 Å². The summed E-state index contributed by atoms with van der Waals surface area (Å²) >= 11 is 9.61. The van der Waals surface area contributed by atoms with Crippen LogP contribution in [0, 0.1) is 0 Å². The Morgan fingerprint density at radius 3 is 2.50 bits per heavy atom. The van der Waals surface area contributed by atoms with E-state index < -0.39 is 0 Å². The van der Waals surface area contributed by atoms with Gasteiger partial charge in [0.25, 0.3) is 0 Å². The monoisotopic (exact) mass is 152 g/mol. The summed E-state index contributed by atoms with van der Waals surface area (Å²) in [6.45, 7) is 2.18. The summed E-state index contributed by atoms with van der Waals surface area (Å²) in [5.74, 6) is 0. The molecule has 50 valence electrons. The van der Waals surface area contributed by atoms with Crippen molar-refractivity contribution in [2.24, 2.45) is 0 Å². The van der Waals surface area contributed by atoms with Crippen molar-refractivity contribution in [2.75, 3.05) is 0 Å². The van der Waals surface area contributed by atoms with Crippen LogP contribution in [0.5, 0.6) is 0 Å². The molecule has 0 spiro atoms. The molecule has 0 bridgehead atoms. The second-order valence-corrected chi connectivity index (χ2v) is 3.38. The predicted molar refractivity (Wildman–Crippen MR) is 42.8 cm³/mol. The van der Waals surface area contributed by atoms with Gasteiger partial charge in [0.1, 0.15) is 0 Å². The first-order valence-corrected chi connectivity index (χ1v) is 4.04. The molecule has 0 aromatic rings. The Balaban J connectivity index is 2.72. The fraction of sp³-hybridized carbons (Fsp3) is 1.00. The number of unbranched alkanes of at least 4 members (excludes halogenated alkanes) is 2. The van der Waals surface area contributed by atoms with Gasteiger partial charge >= 0.3 is 0 Å². The first kappa shape index (κ1) is 8.64. The third-order valence-electron chi connectivity index (χ3n) is 1.05. The van der Waals surface area contributed by atoms with Gasteiger partial charge in [0.2, 0.25) is 0 Å². The zero-order valence-corrected chi connectivity index (χ0v) is 6.88. The highest BCUT2D eigenvalue weighted by Gasteiger charge is 1.93. The highest BCUT2D eigenvalue weighted by atomic mass is 35.5. The average Bonchev–Trinajstić information content (AvgIpc) is 1.66. The molecule has 8 heavy (non-hydrogen) atoms. The number of rotatable bonds is 4. The van der Waals surface area contributed by atoms with Crippen molar-refractivity contribution in [1.82, 2.24) is 0 Å². The second-order valence-electron chi connectivity index (χ2n) is 1.93. The average molecular weight is 153 g/mol. The van der Waals surface area contributed by atoms with E-state index in [1.165, 1.54) is 19.3 Å². The van der Waals surface area contributed by atoms with E-state index in [0.29, 0.717) is 0 Å². The minimum atomic E-state index is 0.0709. The Kier molecular flexibility index (Phi) is 6.23. The van der Waals surface area contributed by atoms with Crippen molar-refractivity contribution in [1.29, 1.82) is 0 Å². The van der Waals surface area contributed by atoms with Crippen LogP contribution in [0.4, 0.5) is 0 Å². The molecule has 0 saturated heterocycles. The van der Waals surface area contributed by atoms with Crippen molar-refractivity contribution in [3.8, 4) is 0 Å². The molecule has 0 saturated carbocycles. The molecule has 0 amide bonds. The first-order chi connectivity index (χ1) is 3.77. The third kappa shape index (κ3) is 6.64. The lowest BCUT2D eigenvalue weighted by Crippen LogP contribution is -1.85. The number of hydrogen-bond donors (Lipinski definition) is 1. The van der Waals surface area contributed by atoms with Crippen LogP contribution in [0.15, 0.2) is 0 Å². The Morgan fingerprint density at radius 1 is 1.50 bits per heavy atom.